The topological polar surface area (TPSA) is 38.1 Å². The third-order valence-corrected chi connectivity index (χ3v) is 5.34. The highest BCUT2D eigenvalue weighted by Crippen LogP contribution is 2.26. The van der Waals surface area contributed by atoms with Crippen molar-refractivity contribution in [2.24, 2.45) is 0 Å². The van der Waals surface area contributed by atoms with Gasteiger partial charge in [0.25, 0.3) is 5.91 Å². The SMILES string of the molecule is Cc1nc2cc(C(=O)N(C)C(C)c3ccccc3F)ccc2n1-c1ccccc1. The van der Waals surface area contributed by atoms with Gasteiger partial charge in [-0.2, -0.15) is 0 Å². The Balaban J connectivity index is 1.68. The van der Waals surface area contributed by atoms with Gasteiger partial charge in [0, 0.05) is 23.9 Å². The lowest BCUT2D eigenvalue weighted by Gasteiger charge is -2.25. The molecule has 0 aliphatic rings. The molecule has 4 aromatic rings. The Kier molecular flexibility index (Phi) is 4.89. The maximum Gasteiger partial charge on any atom is 0.254 e. The zero-order valence-corrected chi connectivity index (χ0v) is 16.6. The Bertz CT molecular complexity index is 1180. The number of hydrogen-bond donors (Lipinski definition) is 0. The summed E-state index contributed by atoms with van der Waals surface area (Å²) in [6.07, 6.45) is 0. The number of nitrogens with zero attached hydrogens (tertiary/aromatic N) is 3. The molecule has 1 amide bonds. The number of halogens is 1. The van der Waals surface area contributed by atoms with Gasteiger partial charge in [0.2, 0.25) is 0 Å². The van der Waals surface area contributed by atoms with Gasteiger partial charge >= 0.3 is 0 Å². The fourth-order valence-corrected chi connectivity index (χ4v) is 3.64. The average molecular weight is 387 g/mol. The number of carbonyl (C=O) groups excluding carboxylic acids is 1. The number of para-hydroxylation sites is 1. The van der Waals surface area contributed by atoms with Gasteiger partial charge in [-0.25, -0.2) is 9.37 Å². The monoisotopic (exact) mass is 387 g/mol. The molecule has 29 heavy (non-hydrogen) atoms. The van der Waals surface area contributed by atoms with Gasteiger partial charge in [-0.3, -0.25) is 9.36 Å². The van der Waals surface area contributed by atoms with Crippen LogP contribution in [0.1, 0.15) is 34.7 Å². The van der Waals surface area contributed by atoms with Crippen molar-refractivity contribution in [1.82, 2.24) is 14.5 Å². The van der Waals surface area contributed by atoms with Crippen molar-refractivity contribution in [3.63, 3.8) is 0 Å². The molecule has 3 aromatic carbocycles. The number of hydrogen-bond acceptors (Lipinski definition) is 2. The van der Waals surface area contributed by atoms with Crippen LogP contribution in [0, 0.1) is 12.7 Å². The third-order valence-electron chi connectivity index (χ3n) is 5.34. The van der Waals surface area contributed by atoms with Crippen molar-refractivity contribution in [3.05, 3.63) is 95.6 Å². The molecule has 1 atom stereocenters. The Labute approximate surface area is 169 Å². The van der Waals surface area contributed by atoms with Crippen molar-refractivity contribution in [2.45, 2.75) is 19.9 Å². The van der Waals surface area contributed by atoms with Gasteiger partial charge in [0.15, 0.2) is 0 Å². The summed E-state index contributed by atoms with van der Waals surface area (Å²) in [6, 6.07) is 21.7. The van der Waals surface area contributed by atoms with Crippen LogP contribution in [0.25, 0.3) is 16.7 Å². The molecule has 146 valence electrons. The number of benzene rings is 3. The summed E-state index contributed by atoms with van der Waals surface area (Å²) in [5.74, 6) is 0.366. The van der Waals surface area contributed by atoms with Gasteiger partial charge in [0.1, 0.15) is 11.6 Å². The summed E-state index contributed by atoms with van der Waals surface area (Å²) in [6.45, 7) is 3.77. The van der Waals surface area contributed by atoms with Gasteiger partial charge in [-0.05, 0) is 50.2 Å². The van der Waals surface area contributed by atoms with Crippen LogP contribution in [0.2, 0.25) is 0 Å². The van der Waals surface area contributed by atoms with Crippen molar-refractivity contribution in [3.8, 4) is 5.69 Å². The third kappa shape index (κ3) is 3.40. The first-order valence-corrected chi connectivity index (χ1v) is 9.53. The van der Waals surface area contributed by atoms with E-state index in [1.807, 2.05) is 50.2 Å². The average Bonchev–Trinajstić information content (AvgIpc) is 3.08. The number of imidazole rings is 1. The van der Waals surface area contributed by atoms with E-state index in [4.69, 9.17) is 0 Å². The molecule has 0 bridgehead atoms. The van der Waals surface area contributed by atoms with E-state index < -0.39 is 0 Å². The molecule has 0 aliphatic heterocycles. The van der Waals surface area contributed by atoms with Crippen LogP contribution in [0.4, 0.5) is 4.39 Å². The number of amides is 1. The maximum atomic E-state index is 14.1. The molecule has 0 saturated heterocycles. The number of aryl methyl sites for hydroxylation is 1. The van der Waals surface area contributed by atoms with Crippen LogP contribution in [-0.2, 0) is 0 Å². The zero-order valence-electron chi connectivity index (χ0n) is 16.6. The number of carbonyl (C=O) groups is 1. The van der Waals surface area contributed by atoms with E-state index in [1.165, 1.54) is 6.07 Å². The normalized spacial score (nSPS) is 12.1. The van der Waals surface area contributed by atoms with Gasteiger partial charge < -0.3 is 4.90 Å². The minimum atomic E-state index is -0.386. The molecule has 1 heterocycles. The molecule has 0 fully saturated rings. The van der Waals surface area contributed by atoms with E-state index >= 15 is 0 Å². The molecule has 0 spiro atoms. The van der Waals surface area contributed by atoms with Crippen molar-refractivity contribution in [1.29, 1.82) is 0 Å². The van der Waals surface area contributed by atoms with E-state index in [-0.39, 0.29) is 17.8 Å². The Morgan fingerprint density at radius 1 is 1.03 bits per heavy atom. The van der Waals surface area contributed by atoms with Gasteiger partial charge in [-0.1, -0.05) is 36.4 Å². The smallest absolute Gasteiger partial charge is 0.254 e. The number of rotatable bonds is 4. The highest BCUT2D eigenvalue weighted by atomic mass is 19.1. The molecule has 0 radical (unpaired) electrons. The van der Waals surface area contributed by atoms with E-state index in [0.717, 1.165) is 22.5 Å². The van der Waals surface area contributed by atoms with Gasteiger partial charge in [-0.15, -0.1) is 0 Å². The molecule has 0 N–H and O–H groups in total. The van der Waals surface area contributed by atoms with E-state index in [1.54, 1.807) is 42.3 Å². The quantitative estimate of drug-likeness (QED) is 0.476. The molecule has 5 heteroatoms. The summed E-state index contributed by atoms with van der Waals surface area (Å²) in [4.78, 5) is 19.2. The van der Waals surface area contributed by atoms with Crippen LogP contribution in [-0.4, -0.2) is 27.4 Å². The summed E-state index contributed by atoms with van der Waals surface area (Å²) < 4.78 is 16.2. The van der Waals surface area contributed by atoms with E-state index in [2.05, 4.69) is 9.55 Å². The predicted molar refractivity (Wildman–Crippen MR) is 113 cm³/mol. The van der Waals surface area contributed by atoms with Gasteiger partial charge in [0.05, 0.1) is 17.1 Å². The fourth-order valence-electron chi connectivity index (χ4n) is 3.64. The van der Waals surface area contributed by atoms with Crippen LogP contribution < -0.4 is 0 Å². The molecule has 1 unspecified atom stereocenters. The second kappa shape index (κ2) is 7.51. The first kappa shape index (κ1) is 18.9. The van der Waals surface area contributed by atoms with Crippen molar-refractivity contribution in [2.75, 3.05) is 7.05 Å². The lowest BCUT2D eigenvalue weighted by Crippen LogP contribution is -2.30. The summed E-state index contributed by atoms with van der Waals surface area (Å²) in [5.41, 5.74) is 3.74. The first-order valence-electron chi connectivity index (χ1n) is 9.53. The van der Waals surface area contributed by atoms with Crippen molar-refractivity contribution >= 4 is 16.9 Å². The number of aromatic nitrogens is 2. The zero-order chi connectivity index (χ0) is 20.5. The van der Waals surface area contributed by atoms with Crippen LogP contribution in [0.3, 0.4) is 0 Å². The summed E-state index contributed by atoms with van der Waals surface area (Å²) in [5, 5.41) is 0. The minimum absolute atomic E-state index is 0.172. The largest absolute Gasteiger partial charge is 0.335 e. The highest BCUT2D eigenvalue weighted by molar-refractivity contribution is 5.97. The molecule has 4 rings (SSSR count). The summed E-state index contributed by atoms with van der Waals surface area (Å²) >= 11 is 0. The lowest BCUT2D eigenvalue weighted by atomic mass is 10.1. The van der Waals surface area contributed by atoms with Crippen molar-refractivity contribution < 1.29 is 9.18 Å². The lowest BCUT2D eigenvalue weighted by molar-refractivity contribution is 0.0740. The standard InChI is InChI=1S/C24H22FN3O/c1-16(20-11-7-8-12-21(20)25)27(3)24(29)18-13-14-23-22(15-18)26-17(2)28(23)19-9-5-4-6-10-19/h4-16H,1-3H3. The molecule has 0 saturated carbocycles. The molecule has 4 nitrogen and oxygen atoms in total. The fraction of sp³-hybridized carbons (Fsp3) is 0.167. The Morgan fingerprint density at radius 3 is 2.45 bits per heavy atom. The van der Waals surface area contributed by atoms with Crippen LogP contribution >= 0.6 is 0 Å². The van der Waals surface area contributed by atoms with E-state index in [9.17, 15) is 9.18 Å². The first-order chi connectivity index (χ1) is 14.0. The highest BCUT2D eigenvalue weighted by Gasteiger charge is 2.22. The Morgan fingerprint density at radius 2 is 1.72 bits per heavy atom. The number of fused-ring (bicyclic) bond motifs is 1. The van der Waals surface area contributed by atoms with Crippen LogP contribution in [0.5, 0.6) is 0 Å². The molecular weight excluding hydrogens is 365 g/mol. The van der Waals surface area contributed by atoms with Crippen LogP contribution in [0.15, 0.2) is 72.8 Å². The second-order valence-corrected chi connectivity index (χ2v) is 7.15. The minimum Gasteiger partial charge on any atom is -0.335 e. The Hall–Kier alpha value is -3.47. The predicted octanol–water partition coefficient (Wildman–Crippen LogP) is 5.31. The second-order valence-electron chi connectivity index (χ2n) is 7.15. The molecule has 1 aromatic heterocycles. The molecule has 0 aliphatic carbocycles. The van der Waals surface area contributed by atoms with E-state index in [0.29, 0.717) is 11.1 Å². The summed E-state index contributed by atoms with van der Waals surface area (Å²) in [7, 11) is 1.69. The molecular formula is C24H22FN3O. The maximum absolute atomic E-state index is 14.1.